The zero-order valence-electron chi connectivity index (χ0n) is 21.7. The molecule has 6 heteroatoms. The van der Waals surface area contributed by atoms with E-state index in [0.717, 1.165) is 69.6 Å². The van der Waals surface area contributed by atoms with Crippen LogP contribution in [0.3, 0.4) is 0 Å². The van der Waals surface area contributed by atoms with Crippen LogP contribution in [-0.2, 0) is 11.3 Å². The van der Waals surface area contributed by atoms with Gasteiger partial charge in [0.05, 0.1) is 24.1 Å². The van der Waals surface area contributed by atoms with E-state index in [2.05, 4.69) is 24.1 Å². The van der Waals surface area contributed by atoms with Crippen LogP contribution in [0, 0.1) is 0 Å². The molecule has 0 bridgehead atoms. The molecule has 0 radical (unpaired) electrons. The summed E-state index contributed by atoms with van der Waals surface area (Å²) in [6, 6.07) is 9.67. The van der Waals surface area contributed by atoms with Gasteiger partial charge < -0.3 is 19.5 Å². The van der Waals surface area contributed by atoms with E-state index in [1.807, 2.05) is 35.2 Å². The molecule has 35 heavy (non-hydrogen) atoms. The fourth-order valence-electron chi connectivity index (χ4n) is 4.67. The highest BCUT2D eigenvalue weighted by Gasteiger charge is 2.24. The fraction of sp³-hybridized carbons (Fsp3) is 0.586. The molecule has 3 rings (SSSR count). The van der Waals surface area contributed by atoms with Crippen molar-refractivity contribution in [3.63, 3.8) is 0 Å². The molecule has 1 aliphatic rings. The smallest absolute Gasteiger partial charge is 0.256 e. The van der Waals surface area contributed by atoms with E-state index in [0.29, 0.717) is 24.2 Å². The standard InChI is InChI=1S/C29H43N3O3/c1-3-5-7-8-10-15-28(33)30-24-16-17-27(26(22-24)29(34)31-19-11-9-12-20-31)32(18-6-4-2)23-25-14-13-21-35-25/h13-14,16-17,21-22H,3-12,15,18-20,23H2,1-2H3,(H,30,33). The van der Waals surface area contributed by atoms with E-state index in [1.165, 1.54) is 25.7 Å². The summed E-state index contributed by atoms with van der Waals surface area (Å²) < 4.78 is 5.63. The van der Waals surface area contributed by atoms with Gasteiger partial charge in [0.1, 0.15) is 5.76 Å². The minimum Gasteiger partial charge on any atom is -0.467 e. The molecule has 0 unspecified atom stereocenters. The number of likely N-dealkylation sites (tertiary alicyclic amines) is 1. The number of furan rings is 1. The maximum absolute atomic E-state index is 13.7. The molecule has 0 saturated carbocycles. The number of carbonyl (C=O) groups is 2. The second-order valence-corrected chi connectivity index (χ2v) is 9.65. The lowest BCUT2D eigenvalue weighted by Crippen LogP contribution is -2.37. The lowest BCUT2D eigenvalue weighted by Gasteiger charge is -2.31. The summed E-state index contributed by atoms with van der Waals surface area (Å²) in [6.07, 6.45) is 13.1. The summed E-state index contributed by atoms with van der Waals surface area (Å²) in [7, 11) is 0. The summed E-state index contributed by atoms with van der Waals surface area (Å²) in [5, 5.41) is 3.04. The SMILES string of the molecule is CCCCCCCC(=O)Nc1ccc(N(CCCC)Cc2ccco2)c(C(=O)N2CCCCC2)c1. The van der Waals surface area contributed by atoms with Crippen LogP contribution in [0.25, 0.3) is 0 Å². The zero-order valence-corrected chi connectivity index (χ0v) is 21.7. The second kappa shape index (κ2) is 14.6. The van der Waals surface area contributed by atoms with E-state index in [9.17, 15) is 9.59 Å². The van der Waals surface area contributed by atoms with Gasteiger partial charge in [-0.25, -0.2) is 0 Å². The van der Waals surface area contributed by atoms with Crippen molar-refractivity contribution in [2.75, 3.05) is 29.9 Å². The van der Waals surface area contributed by atoms with Crippen LogP contribution in [0.1, 0.15) is 101 Å². The Kier molecular flexibility index (Phi) is 11.2. The average Bonchev–Trinajstić information content (AvgIpc) is 3.40. The van der Waals surface area contributed by atoms with Crippen molar-refractivity contribution in [2.24, 2.45) is 0 Å². The number of nitrogens with zero attached hydrogens (tertiary/aromatic N) is 2. The topological polar surface area (TPSA) is 65.8 Å². The predicted octanol–water partition coefficient (Wildman–Crippen LogP) is 7.01. The Labute approximate surface area is 211 Å². The van der Waals surface area contributed by atoms with Crippen molar-refractivity contribution in [3.05, 3.63) is 47.9 Å². The Morgan fingerprint density at radius 1 is 0.971 bits per heavy atom. The molecular weight excluding hydrogens is 438 g/mol. The number of carbonyl (C=O) groups excluding carboxylic acids is 2. The van der Waals surface area contributed by atoms with Crippen LogP contribution in [0.5, 0.6) is 0 Å². The fourth-order valence-corrected chi connectivity index (χ4v) is 4.67. The lowest BCUT2D eigenvalue weighted by atomic mass is 10.1. The van der Waals surface area contributed by atoms with E-state index in [-0.39, 0.29) is 11.8 Å². The normalized spacial score (nSPS) is 13.6. The Morgan fingerprint density at radius 3 is 2.46 bits per heavy atom. The van der Waals surface area contributed by atoms with Gasteiger partial charge in [-0.1, -0.05) is 46.0 Å². The first-order valence-corrected chi connectivity index (χ1v) is 13.6. The first-order chi connectivity index (χ1) is 17.1. The molecule has 1 aromatic heterocycles. The van der Waals surface area contributed by atoms with Crippen LogP contribution in [0.15, 0.2) is 41.0 Å². The first-order valence-electron chi connectivity index (χ1n) is 13.6. The van der Waals surface area contributed by atoms with Crippen molar-refractivity contribution in [1.82, 2.24) is 4.90 Å². The second-order valence-electron chi connectivity index (χ2n) is 9.65. The van der Waals surface area contributed by atoms with Crippen molar-refractivity contribution >= 4 is 23.2 Å². The van der Waals surface area contributed by atoms with E-state index in [1.54, 1.807) is 6.26 Å². The Morgan fingerprint density at radius 2 is 1.74 bits per heavy atom. The van der Waals surface area contributed by atoms with Gasteiger partial charge in [0, 0.05) is 31.7 Å². The molecule has 2 heterocycles. The molecule has 0 aliphatic carbocycles. The van der Waals surface area contributed by atoms with Crippen LogP contribution in [-0.4, -0.2) is 36.3 Å². The summed E-state index contributed by atoms with van der Waals surface area (Å²) in [6.45, 7) is 7.39. The molecule has 1 N–H and O–H groups in total. The van der Waals surface area contributed by atoms with Crippen molar-refractivity contribution in [2.45, 2.75) is 91.0 Å². The number of amides is 2. The van der Waals surface area contributed by atoms with Gasteiger partial charge in [-0.15, -0.1) is 0 Å². The number of unbranched alkanes of at least 4 members (excludes halogenated alkanes) is 5. The van der Waals surface area contributed by atoms with E-state index in [4.69, 9.17) is 4.42 Å². The van der Waals surface area contributed by atoms with Gasteiger partial charge in [-0.2, -0.15) is 0 Å². The zero-order chi connectivity index (χ0) is 24.9. The van der Waals surface area contributed by atoms with Crippen molar-refractivity contribution in [1.29, 1.82) is 0 Å². The number of piperidine rings is 1. The molecule has 0 atom stereocenters. The molecule has 192 valence electrons. The third-order valence-corrected chi connectivity index (χ3v) is 6.71. The van der Waals surface area contributed by atoms with Gasteiger partial charge in [0.25, 0.3) is 5.91 Å². The quantitative estimate of drug-likeness (QED) is 0.295. The predicted molar refractivity (Wildman–Crippen MR) is 143 cm³/mol. The van der Waals surface area contributed by atoms with E-state index >= 15 is 0 Å². The molecule has 1 aromatic carbocycles. The van der Waals surface area contributed by atoms with Crippen molar-refractivity contribution in [3.8, 4) is 0 Å². The summed E-state index contributed by atoms with van der Waals surface area (Å²) in [5.74, 6) is 0.943. The molecule has 2 amide bonds. The molecule has 2 aromatic rings. The van der Waals surface area contributed by atoms with E-state index < -0.39 is 0 Å². The first kappa shape index (κ1) is 26.8. The van der Waals surface area contributed by atoms with Crippen LogP contribution < -0.4 is 10.2 Å². The molecule has 6 nitrogen and oxygen atoms in total. The molecule has 0 spiro atoms. The third kappa shape index (κ3) is 8.44. The van der Waals surface area contributed by atoms with Crippen molar-refractivity contribution < 1.29 is 14.0 Å². The monoisotopic (exact) mass is 481 g/mol. The number of benzene rings is 1. The maximum Gasteiger partial charge on any atom is 0.256 e. The maximum atomic E-state index is 13.7. The van der Waals surface area contributed by atoms with Crippen LogP contribution in [0.4, 0.5) is 11.4 Å². The van der Waals surface area contributed by atoms with Crippen LogP contribution >= 0.6 is 0 Å². The van der Waals surface area contributed by atoms with Gasteiger partial charge in [-0.3, -0.25) is 9.59 Å². The number of hydrogen-bond acceptors (Lipinski definition) is 4. The van der Waals surface area contributed by atoms with Gasteiger partial charge in [0.15, 0.2) is 0 Å². The highest BCUT2D eigenvalue weighted by Crippen LogP contribution is 2.29. The number of hydrogen-bond donors (Lipinski definition) is 1. The summed E-state index contributed by atoms with van der Waals surface area (Å²) in [4.78, 5) is 30.4. The Balaban J connectivity index is 1.81. The molecule has 1 saturated heterocycles. The summed E-state index contributed by atoms with van der Waals surface area (Å²) in [5.41, 5.74) is 2.26. The molecule has 1 fully saturated rings. The largest absolute Gasteiger partial charge is 0.467 e. The van der Waals surface area contributed by atoms with Gasteiger partial charge in [-0.05, 0) is 62.4 Å². The molecular formula is C29H43N3O3. The Hall–Kier alpha value is -2.76. The minimum atomic E-state index is 0.0176. The highest BCUT2D eigenvalue weighted by atomic mass is 16.3. The van der Waals surface area contributed by atoms with Gasteiger partial charge in [0.2, 0.25) is 5.91 Å². The lowest BCUT2D eigenvalue weighted by molar-refractivity contribution is -0.116. The third-order valence-electron chi connectivity index (χ3n) is 6.71. The average molecular weight is 482 g/mol. The van der Waals surface area contributed by atoms with Gasteiger partial charge >= 0.3 is 0 Å². The summed E-state index contributed by atoms with van der Waals surface area (Å²) >= 11 is 0. The molecule has 1 aliphatic heterocycles. The number of anilines is 2. The minimum absolute atomic E-state index is 0.0176. The van der Waals surface area contributed by atoms with Crippen LogP contribution in [0.2, 0.25) is 0 Å². The highest BCUT2D eigenvalue weighted by molar-refractivity contribution is 6.02. The number of nitrogens with one attached hydrogen (secondary N) is 1. The number of rotatable bonds is 14. The Bertz CT molecular complexity index is 904.